The zero-order valence-corrected chi connectivity index (χ0v) is 13.3. The van der Waals surface area contributed by atoms with Crippen molar-refractivity contribution in [3.05, 3.63) is 83.8 Å². The third-order valence-electron chi connectivity index (χ3n) is 3.50. The predicted octanol–water partition coefficient (Wildman–Crippen LogP) is 3.62. The van der Waals surface area contributed by atoms with E-state index in [-0.39, 0.29) is 11.6 Å². The second-order valence-electron chi connectivity index (χ2n) is 5.28. The van der Waals surface area contributed by atoms with E-state index >= 15 is 0 Å². The van der Waals surface area contributed by atoms with Gasteiger partial charge in [-0.25, -0.2) is 9.97 Å². The highest BCUT2D eigenvalue weighted by molar-refractivity contribution is 6.03. The summed E-state index contributed by atoms with van der Waals surface area (Å²) in [4.78, 5) is 20.4. The molecule has 2 aromatic carbocycles. The van der Waals surface area contributed by atoms with Crippen LogP contribution in [0.25, 0.3) is 0 Å². The molecule has 0 aliphatic heterocycles. The SMILES string of the molecule is Cc1ccccc1NC(=O)c1cc(OCc2ccccc2)ncn1. The van der Waals surface area contributed by atoms with E-state index in [1.807, 2.05) is 61.5 Å². The Balaban J connectivity index is 1.68. The highest BCUT2D eigenvalue weighted by Gasteiger charge is 2.11. The number of benzene rings is 2. The third-order valence-corrected chi connectivity index (χ3v) is 3.50. The fourth-order valence-corrected chi connectivity index (χ4v) is 2.17. The lowest BCUT2D eigenvalue weighted by molar-refractivity contribution is 0.102. The van der Waals surface area contributed by atoms with E-state index in [4.69, 9.17) is 4.74 Å². The van der Waals surface area contributed by atoms with Gasteiger partial charge in [0.1, 0.15) is 18.6 Å². The lowest BCUT2D eigenvalue weighted by atomic mass is 10.2. The van der Waals surface area contributed by atoms with Gasteiger partial charge in [-0.1, -0.05) is 48.5 Å². The molecular formula is C19H17N3O2. The van der Waals surface area contributed by atoms with Crippen LogP contribution in [0.2, 0.25) is 0 Å². The van der Waals surface area contributed by atoms with Gasteiger partial charge in [-0.15, -0.1) is 0 Å². The average Bonchev–Trinajstić information content (AvgIpc) is 2.63. The van der Waals surface area contributed by atoms with Gasteiger partial charge in [-0.2, -0.15) is 0 Å². The number of anilines is 1. The number of hydrogen-bond acceptors (Lipinski definition) is 4. The Kier molecular flexibility index (Phi) is 4.81. The molecule has 3 aromatic rings. The van der Waals surface area contributed by atoms with Crippen LogP contribution in [-0.2, 0) is 6.61 Å². The Morgan fingerprint density at radius 3 is 2.58 bits per heavy atom. The van der Waals surface area contributed by atoms with Crippen LogP contribution in [0.4, 0.5) is 5.69 Å². The number of aromatic nitrogens is 2. The van der Waals surface area contributed by atoms with Crippen molar-refractivity contribution < 1.29 is 9.53 Å². The van der Waals surface area contributed by atoms with Gasteiger partial charge in [0.15, 0.2) is 0 Å². The summed E-state index contributed by atoms with van der Waals surface area (Å²) in [6.45, 7) is 2.32. The number of aryl methyl sites for hydroxylation is 1. The second kappa shape index (κ2) is 7.37. The molecule has 0 bridgehead atoms. The van der Waals surface area contributed by atoms with Crippen molar-refractivity contribution >= 4 is 11.6 Å². The summed E-state index contributed by atoms with van der Waals surface area (Å²) < 4.78 is 5.63. The maximum Gasteiger partial charge on any atom is 0.274 e. The van der Waals surface area contributed by atoms with E-state index < -0.39 is 0 Å². The van der Waals surface area contributed by atoms with Crippen LogP contribution in [0, 0.1) is 6.92 Å². The van der Waals surface area contributed by atoms with Gasteiger partial charge in [-0.05, 0) is 24.1 Å². The highest BCUT2D eigenvalue weighted by atomic mass is 16.5. The van der Waals surface area contributed by atoms with Gasteiger partial charge in [0.25, 0.3) is 5.91 Å². The molecule has 0 spiro atoms. The van der Waals surface area contributed by atoms with Crippen molar-refractivity contribution in [2.75, 3.05) is 5.32 Å². The van der Waals surface area contributed by atoms with Crippen LogP contribution >= 0.6 is 0 Å². The molecule has 0 aliphatic carbocycles. The highest BCUT2D eigenvalue weighted by Crippen LogP contribution is 2.15. The van der Waals surface area contributed by atoms with Gasteiger partial charge in [0, 0.05) is 11.8 Å². The van der Waals surface area contributed by atoms with Crippen molar-refractivity contribution in [2.24, 2.45) is 0 Å². The molecule has 1 amide bonds. The normalized spacial score (nSPS) is 10.2. The first-order chi connectivity index (χ1) is 11.7. The van der Waals surface area contributed by atoms with Crippen molar-refractivity contribution in [1.82, 2.24) is 9.97 Å². The molecule has 1 heterocycles. The molecule has 24 heavy (non-hydrogen) atoms. The number of ether oxygens (including phenoxy) is 1. The number of amides is 1. The van der Waals surface area contributed by atoms with Gasteiger partial charge in [0.2, 0.25) is 5.88 Å². The number of nitrogens with zero attached hydrogens (tertiary/aromatic N) is 2. The third kappa shape index (κ3) is 3.95. The fraction of sp³-hybridized carbons (Fsp3) is 0.105. The van der Waals surface area contributed by atoms with E-state index in [2.05, 4.69) is 15.3 Å². The molecule has 0 radical (unpaired) electrons. The summed E-state index contributed by atoms with van der Waals surface area (Å²) >= 11 is 0. The summed E-state index contributed by atoms with van der Waals surface area (Å²) in [5, 5.41) is 2.84. The number of rotatable bonds is 5. The molecule has 120 valence electrons. The number of carbonyl (C=O) groups is 1. The molecular weight excluding hydrogens is 302 g/mol. The molecule has 5 heteroatoms. The fourth-order valence-electron chi connectivity index (χ4n) is 2.17. The van der Waals surface area contributed by atoms with Crippen LogP contribution in [0.1, 0.15) is 21.6 Å². The zero-order chi connectivity index (χ0) is 16.8. The van der Waals surface area contributed by atoms with Crippen LogP contribution in [-0.4, -0.2) is 15.9 Å². The molecule has 1 N–H and O–H groups in total. The molecule has 0 fully saturated rings. The number of nitrogens with one attached hydrogen (secondary N) is 1. The maximum atomic E-state index is 12.3. The first kappa shape index (κ1) is 15.7. The molecule has 0 unspecified atom stereocenters. The Bertz CT molecular complexity index is 835. The molecule has 3 rings (SSSR count). The van der Waals surface area contributed by atoms with Crippen molar-refractivity contribution in [3.63, 3.8) is 0 Å². The lowest BCUT2D eigenvalue weighted by Crippen LogP contribution is -2.15. The van der Waals surface area contributed by atoms with Crippen molar-refractivity contribution in [1.29, 1.82) is 0 Å². The zero-order valence-electron chi connectivity index (χ0n) is 13.3. The second-order valence-corrected chi connectivity index (χ2v) is 5.28. The molecule has 1 aromatic heterocycles. The number of carbonyl (C=O) groups excluding carboxylic acids is 1. The monoisotopic (exact) mass is 319 g/mol. The average molecular weight is 319 g/mol. The Hall–Kier alpha value is -3.21. The van der Waals surface area contributed by atoms with Crippen LogP contribution < -0.4 is 10.1 Å². The minimum absolute atomic E-state index is 0.260. The summed E-state index contributed by atoms with van der Waals surface area (Å²) in [6.07, 6.45) is 1.33. The largest absolute Gasteiger partial charge is 0.473 e. The van der Waals surface area contributed by atoms with Crippen LogP contribution in [0.3, 0.4) is 0 Å². The standard InChI is InChI=1S/C19H17N3O2/c1-14-7-5-6-10-16(14)22-19(23)17-11-18(21-13-20-17)24-12-15-8-3-2-4-9-15/h2-11,13H,12H2,1H3,(H,22,23). The minimum atomic E-state index is -0.295. The quantitative estimate of drug-likeness (QED) is 0.780. The van der Waals surface area contributed by atoms with Gasteiger partial charge < -0.3 is 10.1 Å². The number of para-hydroxylation sites is 1. The molecule has 5 nitrogen and oxygen atoms in total. The molecule has 0 atom stereocenters. The summed E-state index contributed by atoms with van der Waals surface area (Å²) in [5.74, 6) is 0.0695. The Morgan fingerprint density at radius 2 is 1.79 bits per heavy atom. The lowest BCUT2D eigenvalue weighted by Gasteiger charge is -2.09. The van der Waals surface area contributed by atoms with Gasteiger partial charge in [-0.3, -0.25) is 4.79 Å². The molecule has 0 saturated heterocycles. The smallest absolute Gasteiger partial charge is 0.274 e. The maximum absolute atomic E-state index is 12.3. The predicted molar refractivity (Wildman–Crippen MR) is 91.9 cm³/mol. The van der Waals surface area contributed by atoms with Crippen molar-refractivity contribution in [2.45, 2.75) is 13.5 Å². The van der Waals surface area contributed by atoms with Gasteiger partial charge >= 0.3 is 0 Å². The van der Waals surface area contributed by atoms with Crippen molar-refractivity contribution in [3.8, 4) is 5.88 Å². The van der Waals surface area contributed by atoms with E-state index in [0.29, 0.717) is 12.5 Å². The first-order valence-corrected chi connectivity index (χ1v) is 7.58. The minimum Gasteiger partial charge on any atom is -0.473 e. The van der Waals surface area contributed by atoms with Crippen LogP contribution in [0.5, 0.6) is 5.88 Å². The Morgan fingerprint density at radius 1 is 1.04 bits per heavy atom. The van der Waals surface area contributed by atoms with E-state index in [0.717, 1.165) is 16.8 Å². The summed E-state index contributed by atoms with van der Waals surface area (Å²) in [6, 6.07) is 18.9. The van der Waals surface area contributed by atoms with Gasteiger partial charge in [0.05, 0.1) is 0 Å². The molecule has 0 aliphatic rings. The van der Waals surface area contributed by atoms with E-state index in [9.17, 15) is 4.79 Å². The Labute approximate surface area is 140 Å². The summed E-state index contributed by atoms with van der Waals surface area (Å²) in [5.41, 5.74) is 3.03. The topological polar surface area (TPSA) is 64.1 Å². The number of hydrogen-bond donors (Lipinski definition) is 1. The van der Waals surface area contributed by atoms with E-state index in [1.54, 1.807) is 0 Å². The summed E-state index contributed by atoms with van der Waals surface area (Å²) in [7, 11) is 0. The molecule has 0 saturated carbocycles. The first-order valence-electron chi connectivity index (χ1n) is 7.58. The van der Waals surface area contributed by atoms with E-state index in [1.165, 1.54) is 12.4 Å². The van der Waals surface area contributed by atoms with Crippen LogP contribution in [0.15, 0.2) is 67.0 Å².